The summed E-state index contributed by atoms with van der Waals surface area (Å²) in [5, 5.41) is 0. The predicted octanol–water partition coefficient (Wildman–Crippen LogP) is 2.24. The number of hydrogen-bond acceptors (Lipinski definition) is 1. The molecule has 0 bridgehead atoms. The Balaban J connectivity index is 0.00000169. The van der Waals surface area contributed by atoms with Crippen LogP contribution in [0, 0.1) is 0 Å². The molecule has 1 aromatic rings. The van der Waals surface area contributed by atoms with Gasteiger partial charge in [0.1, 0.15) is 0 Å². The van der Waals surface area contributed by atoms with Crippen LogP contribution < -0.4 is 0 Å². The van der Waals surface area contributed by atoms with Crippen LogP contribution in [0.2, 0.25) is 0 Å². The van der Waals surface area contributed by atoms with Crippen molar-refractivity contribution in [1.82, 2.24) is 4.90 Å². The molecule has 0 aromatic heterocycles. The maximum atomic E-state index is 4.27. The van der Waals surface area contributed by atoms with Crippen molar-refractivity contribution in [3.05, 3.63) is 35.9 Å². The summed E-state index contributed by atoms with van der Waals surface area (Å²) in [6, 6.07) is 10.4. The first-order valence-corrected chi connectivity index (χ1v) is 4.49. The van der Waals surface area contributed by atoms with E-state index in [1.807, 2.05) is 31.4 Å². The van der Waals surface area contributed by atoms with Crippen LogP contribution in [0.25, 0.3) is 0 Å². The lowest BCUT2D eigenvalue weighted by Gasteiger charge is -2.02. The summed E-state index contributed by atoms with van der Waals surface area (Å²) in [4.78, 5) is 6.22. The first-order chi connectivity index (χ1) is 6.29. The summed E-state index contributed by atoms with van der Waals surface area (Å²) < 4.78 is 0. The van der Waals surface area contributed by atoms with Crippen LogP contribution in [-0.4, -0.2) is 31.9 Å². The Morgan fingerprint density at radius 2 is 1.86 bits per heavy atom. The van der Waals surface area contributed by atoms with E-state index in [0.29, 0.717) is 0 Å². The average Bonchev–Trinajstić information content (AvgIpc) is 2.14. The molecule has 0 aliphatic heterocycles. The highest BCUT2D eigenvalue weighted by Gasteiger charge is 1.88. The molecule has 0 heterocycles. The lowest BCUT2D eigenvalue weighted by Crippen LogP contribution is -2.08. The van der Waals surface area contributed by atoms with Gasteiger partial charge in [-0.3, -0.25) is 4.99 Å². The fourth-order valence-electron chi connectivity index (χ4n) is 1.06. The van der Waals surface area contributed by atoms with Gasteiger partial charge in [-0.2, -0.15) is 0 Å². The smallest absolute Gasteiger partial charge is 0.0844 e. The zero-order chi connectivity index (χ0) is 9.52. The van der Waals surface area contributed by atoms with Gasteiger partial charge in [-0.1, -0.05) is 30.3 Å². The van der Waals surface area contributed by atoms with Crippen molar-refractivity contribution >= 4 is 18.7 Å². The Labute approximate surface area is 92.1 Å². The Morgan fingerprint density at radius 3 is 2.43 bits per heavy atom. The van der Waals surface area contributed by atoms with Crippen LogP contribution in [0.5, 0.6) is 0 Å². The molecule has 1 aromatic carbocycles. The fourth-order valence-corrected chi connectivity index (χ4v) is 1.06. The predicted molar refractivity (Wildman–Crippen MR) is 64.4 cm³/mol. The largest absolute Gasteiger partial charge is 0.369 e. The summed E-state index contributed by atoms with van der Waals surface area (Å²) in [7, 11) is 3.96. The number of rotatable bonds is 4. The normalized spacial score (nSPS) is 9.86. The van der Waals surface area contributed by atoms with Gasteiger partial charge in [0, 0.05) is 20.6 Å². The van der Waals surface area contributed by atoms with Gasteiger partial charge >= 0.3 is 0 Å². The van der Waals surface area contributed by atoms with Gasteiger partial charge in [-0.25, -0.2) is 0 Å². The molecule has 0 amide bonds. The molecule has 0 N–H and O–H groups in total. The number of nitrogens with zero attached hydrogens (tertiary/aromatic N) is 2. The van der Waals surface area contributed by atoms with Gasteiger partial charge in [0.25, 0.3) is 0 Å². The minimum absolute atomic E-state index is 0. The summed E-state index contributed by atoms with van der Waals surface area (Å²) >= 11 is 0. The molecule has 0 spiro atoms. The van der Waals surface area contributed by atoms with E-state index in [0.717, 1.165) is 13.0 Å². The lowest BCUT2D eigenvalue weighted by molar-refractivity contribution is 0.638. The zero-order valence-corrected chi connectivity index (χ0v) is 9.50. The maximum Gasteiger partial charge on any atom is 0.0844 e. The second kappa shape index (κ2) is 7.39. The second-order valence-corrected chi connectivity index (χ2v) is 3.22. The van der Waals surface area contributed by atoms with Crippen LogP contribution in [0.1, 0.15) is 5.56 Å². The maximum absolute atomic E-state index is 4.27. The molecule has 14 heavy (non-hydrogen) atoms. The quantitative estimate of drug-likeness (QED) is 0.552. The summed E-state index contributed by atoms with van der Waals surface area (Å²) in [5.41, 5.74) is 1.35. The molecule has 0 saturated carbocycles. The first-order valence-electron chi connectivity index (χ1n) is 4.49. The van der Waals surface area contributed by atoms with Crippen molar-refractivity contribution in [1.29, 1.82) is 0 Å². The third kappa shape index (κ3) is 5.60. The van der Waals surface area contributed by atoms with Crippen molar-refractivity contribution in [2.24, 2.45) is 4.99 Å². The standard InChI is InChI=1S/C11H16N2.ClH/c1-13(2)10-12-9-8-11-6-4-3-5-7-11;/h3-7,10H,8-9H2,1-2H3;1H. The number of halogens is 1. The van der Waals surface area contributed by atoms with E-state index < -0.39 is 0 Å². The van der Waals surface area contributed by atoms with Crippen molar-refractivity contribution in [2.45, 2.75) is 6.42 Å². The number of aliphatic imine (C=N–C) groups is 1. The van der Waals surface area contributed by atoms with Crippen LogP contribution in [0.3, 0.4) is 0 Å². The van der Waals surface area contributed by atoms with Crippen LogP contribution >= 0.6 is 12.4 Å². The monoisotopic (exact) mass is 212 g/mol. The van der Waals surface area contributed by atoms with E-state index in [1.54, 1.807) is 0 Å². The van der Waals surface area contributed by atoms with E-state index in [4.69, 9.17) is 0 Å². The number of benzene rings is 1. The molecule has 78 valence electrons. The Hall–Kier alpha value is -1.02. The number of hydrogen-bond donors (Lipinski definition) is 0. The first kappa shape index (κ1) is 13.0. The van der Waals surface area contributed by atoms with Crippen LogP contribution in [0.15, 0.2) is 35.3 Å². The second-order valence-electron chi connectivity index (χ2n) is 3.22. The summed E-state index contributed by atoms with van der Waals surface area (Å²) in [5.74, 6) is 0. The minimum atomic E-state index is 0. The Morgan fingerprint density at radius 1 is 1.21 bits per heavy atom. The molecule has 0 aliphatic carbocycles. The van der Waals surface area contributed by atoms with Crippen LogP contribution in [0.4, 0.5) is 0 Å². The van der Waals surface area contributed by atoms with E-state index in [2.05, 4.69) is 29.3 Å². The molecular weight excluding hydrogens is 196 g/mol. The molecule has 0 saturated heterocycles. The molecule has 0 radical (unpaired) electrons. The zero-order valence-electron chi connectivity index (χ0n) is 8.68. The summed E-state index contributed by atoms with van der Waals surface area (Å²) in [6.45, 7) is 0.863. The van der Waals surface area contributed by atoms with Crippen molar-refractivity contribution in [3.63, 3.8) is 0 Å². The van der Waals surface area contributed by atoms with E-state index in [1.165, 1.54) is 5.56 Å². The van der Waals surface area contributed by atoms with E-state index in [9.17, 15) is 0 Å². The molecular formula is C11H17ClN2. The van der Waals surface area contributed by atoms with E-state index in [-0.39, 0.29) is 12.4 Å². The average molecular weight is 213 g/mol. The highest BCUT2D eigenvalue weighted by molar-refractivity contribution is 5.85. The van der Waals surface area contributed by atoms with Gasteiger partial charge in [0.2, 0.25) is 0 Å². The summed E-state index contributed by atoms with van der Waals surface area (Å²) in [6.07, 6.45) is 2.87. The van der Waals surface area contributed by atoms with Gasteiger partial charge in [-0.05, 0) is 12.0 Å². The molecule has 0 atom stereocenters. The van der Waals surface area contributed by atoms with Gasteiger partial charge in [0.15, 0.2) is 0 Å². The van der Waals surface area contributed by atoms with Gasteiger partial charge in [-0.15, -0.1) is 12.4 Å². The molecule has 1 rings (SSSR count). The van der Waals surface area contributed by atoms with Gasteiger partial charge < -0.3 is 4.90 Å². The van der Waals surface area contributed by atoms with Crippen molar-refractivity contribution < 1.29 is 0 Å². The van der Waals surface area contributed by atoms with E-state index >= 15 is 0 Å². The lowest BCUT2D eigenvalue weighted by atomic mass is 10.2. The van der Waals surface area contributed by atoms with Crippen molar-refractivity contribution in [3.8, 4) is 0 Å². The molecule has 0 fully saturated rings. The highest BCUT2D eigenvalue weighted by Crippen LogP contribution is 1.98. The fraction of sp³-hybridized carbons (Fsp3) is 0.364. The third-order valence-electron chi connectivity index (χ3n) is 1.68. The molecule has 0 aliphatic rings. The highest BCUT2D eigenvalue weighted by atomic mass is 35.5. The van der Waals surface area contributed by atoms with Crippen molar-refractivity contribution in [2.75, 3.05) is 20.6 Å². The van der Waals surface area contributed by atoms with Crippen LogP contribution in [-0.2, 0) is 6.42 Å². The minimum Gasteiger partial charge on any atom is -0.369 e. The molecule has 3 heteroatoms. The Bertz CT molecular complexity index is 257. The third-order valence-corrected chi connectivity index (χ3v) is 1.68. The topological polar surface area (TPSA) is 15.6 Å². The van der Waals surface area contributed by atoms with Gasteiger partial charge in [0.05, 0.1) is 6.34 Å². The molecule has 0 unspecified atom stereocenters. The SMILES string of the molecule is CN(C)C=NCCc1ccccc1.Cl. The molecule has 2 nitrogen and oxygen atoms in total. The Kier molecular flexibility index (Phi) is 6.85.